The second-order valence-electron chi connectivity index (χ2n) is 12.6. The lowest BCUT2D eigenvalue weighted by molar-refractivity contribution is -0.159. The summed E-state index contributed by atoms with van der Waals surface area (Å²) in [7, 11) is -1.26. The minimum Gasteiger partial charge on any atom is -0.462 e. The number of nitrogens with zero attached hydrogens (tertiary/aromatic N) is 2. The summed E-state index contributed by atoms with van der Waals surface area (Å²) in [4.78, 5) is 44.2. The molecule has 4 bridgehead atoms. The first-order chi connectivity index (χ1) is 19.4. The number of esters is 1. The van der Waals surface area contributed by atoms with Crippen LogP contribution in [0.15, 0.2) is 0 Å². The van der Waals surface area contributed by atoms with Gasteiger partial charge in [0.2, 0.25) is 0 Å². The molecule has 0 aromatic carbocycles. The predicted octanol–water partition coefficient (Wildman–Crippen LogP) is 2.05. The molecule has 12 nitrogen and oxygen atoms in total. The fourth-order valence-corrected chi connectivity index (χ4v) is 8.60. The van der Waals surface area contributed by atoms with Crippen LogP contribution in [0, 0.1) is 17.8 Å². The predicted molar refractivity (Wildman–Crippen MR) is 150 cm³/mol. The van der Waals surface area contributed by atoms with Gasteiger partial charge >= 0.3 is 13.7 Å². The Morgan fingerprint density at radius 2 is 1.24 bits per heavy atom. The molecule has 0 aliphatic carbocycles. The van der Waals surface area contributed by atoms with Gasteiger partial charge in [0, 0.05) is 26.1 Å². The third kappa shape index (κ3) is 6.50. The Labute approximate surface area is 243 Å². The molecular formula is C28H48N3O9P. The molecule has 6 aliphatic rings. The normalized spacial score (nSPS) is 35.2. The van der Waals surface area contributed by atoms with Crippen LogP contribution in [0.25, 0.3) is 0 Å². The van der Waals surface area contributed by atoms with E-state index in [1.807, 2.05) is 9.80 Å². The summed E-state index contributed by atoms with van der Waals surface area (Å²) in [5.41, 5.74) is -2.23. The molecule has 41 heavy (non-hydrogen) atoms. The zero-order valence-corrected chi connectivity index (χ0v) is 26.3. The van der Waals surface area contributed by atoms with Crippen LogP contribution in [0.4, 0.5) is 0 Å². The summed E-state index contributed by atoms with van der Waals surface area (Å²) in [6.45, 7) is 9.56. The number of nitrogens with one attached hydrogen (secondary N) is 1. The quantitative estimate of drug-likeness (QED) is 0.218. The molecule has 0 saturated carbocycles. The third-order valence-electron chi connectivity index (χ3n) is 9.14. The minimum absolute atomic E-state index is 0.00441. The number of fused-ring (bicyclic) bond motifs is 6. The van der Waals surface area contributed by atoms with E-state index in [4.69, 9.17) is 23.3 Å². The number of ketones is 2. The van der Waals surface area contributed by atoms with Gasteiger partial charge in [-0.2, -0.15) is 0 Å². The number of hydrogen-bond acceptors (Lipinski definition) is 11. The first-order valence-corrected chi connectivity index (χ1v) is 16.4. The number of rotatable bonds is 15. The highest BCUT2D eigenvalue weighted by Crippen LogP contribution is 2.50. The van der Waals surface area contributed by atoms with Crippen LogP contribution >= 0.6 is 7.75 Å². The Kier molecular flexibility index (Phi) is 10.5. The summed E-state index contributed by atoms with van der Waals surface area (Å²) < 4.78 is 43.3. The summed E-state index contributed by atoms with van der Waals surface area (Å²) in [5, 5.41) is 2.85. The van der Waals surface area contributed by atoms with E-state index in [0.29, 0.717) is 26.2 Å². The molecule has 6 rings (SSSR count). The van der Waals surface area contributed by atoms with E-state index in [9.17, 15) is 18.9 Å². The van der Waals surface area contributed by atoms with Gasteiger partial charge in [-0.05, 0) is 71.6 Å². The number of methoxy groups -OCH3 is 2. The highest BCUT2D eigenvalue weighted by atomic mass is 31.2. The smallest absolute Gasteiger partial charge is 0.406 e. The molecule has 234 valence electrons. The van der Waals surface area contributed by atoms with E-state index in [2.05, 4.69) is 5.09 Å². The number of carbonyl (C=O) groups excluding carboxylic acids is 3. The third-order valence-corrected chi connectivity index (χ3v) is 10.7. The molecule has 6 aliphatic heterocycles. The number of carbonyl (C=O) groups is 3. The van der Waals surface area contributed by atoms with Crippen molar-refractivity contribution < 1.29 is 42.2 Å². The fraction of sp³-hybridized carbons (Fsp3) is 0.893. The van der Waals surface area contributed by atoms with Crippen LogP contribution in [0.3, 0.4) is 0 Å². The second kappa shape index (κ2) is 13.2. The van der Waals surface area contributed by atoms with E-state index in [1.165, 1.54) is 14.2 Å². The van der Waals surface area contributed by atoms with Crippen LogP contribution in [-0.4, -0.2) is 117 Å². The maximum Gasteiger partial charge on any atom is 0.406 e. The fourth-order valence-electron chi connectivity index (χ4n) is 6.87. The van der Waals surface area contributed by atoms with Gasteiger partial charge in [0.05, 0.1) is 32.5 Å². The van der Waals surface area contributed by atoms with Gasteiger partial charge in [-0.1, -0.05) is 13.8 Å². The zero-order valence-electron chi connectivity index (χ0n) is 25.4. The van der Waals surface area contributed by atoms with Crippen molar-refractivity contribution >= 4 is 25.3 Å². The summed E-state index contributed by atoms with van der Waals surface area (Å²) in [6, 6.07) is -1.02. The molecule has 6 heterocycles. The molecule has 0 aromatic heterocycles. The lowest BCUT2D eigenvalue weighted by Gasteiger charge is -2.53. The van der Waals surface area contributed by atoms with E-state index in [0.717, 1.165) is 25.7 Å². The number of ether oxygens (including phenoxy) is 3. The highest BCUT2D eigenvalue weighted by Gasteiger charge is 2.57. The van der Waals surface area contributed by atoms with Gasteiger partial charge in [0.1, 0.15) is 17.1 Å². The molecule has 6 saturated heterocycles. The molecule has 0 spiro atoms. The van der Waals surface area contributed by atoms with Crippen molar-refractivity contribution in [2.24, 2.45) is 17.8 Å². The Hall–Kier alpha value is -1.24. The average molecular weight is 602 g/mol. The van der Waals surface area contributed by atoms with Crippen LogP contribution in [-0.2, 0) is 42.2 Å². The SMILES string of the molecule is COC[C@@]1(COP(=O)(N[C@H](C(=O)OC(C)C)C(C)C)OC[C@]2(COC)C(=O)C3CCN2CC3)C(=O)C2CCN1CC2. The molecule has 0 aromatic rings. The first-order valence-electron chi connectivity index (χ1n) is 14.9. The van der Waals surface area contributed by atoms with Gasteiger partial charge in [-0.25, -0.2) is 9.65 Å². The molecule has 0 radical (unpaired) electrons. The number of piperidine rings is 6. The van der Waals surface area contributed by atoms with Gasteiger partial charge in [-0.3, -0.25) is 33.2 Å². The van der Waals surface area contributed by atoms with Crippen molar-refractivity contribution in [3.05, 3.63) is 0 Å². The van der Waals surface area contributed by atoms with Crippen molar-refractivity contribution in [3.63, 3.8) is 0 Å². The van der Waals surface area contributed by atoms with Crippen LogP contribution < -0.4 is 5.09 Å². The van der Waals surface area contributed by atoms with E-state index in [-0.39, 0.29) is 61.9 Å². The van der Waals surface area contributed by atoms with Crippen molar-refractivity contribution in [1.82, 2.24) is 14.9 Å². The van der Waals surface area contributed by atoms with Crippen LogP contribution in [0.5, 0.6) is 0 Å². The van der Waals surface area contributed by atoms with Crippen LogP contribution in [0.2, 0.25) is 0 Å². The zero-order chi connectivity index (χ0) is 30.0. The van der Waals surface area contributed by atoms with E-state index < -0.39 is 30.8 Å². The maximum absolute atomic E-state index is 14.6. The molecule has 1 N–H and O–H groups in total. The second-order valence-corrected chi connectivity index (χ2v) is 14.3. The molecule has 13 heteroatoms. The monoisotopic (exact) mass is 601 g/mol. The summed E-state index contributed by atoms with van der Waals surface area (Å²) >= 11 is 0. The highest BCUT2D eigenvalue weighted by molar-refractivity contribution is 7.51. The van der Waals surface area contributed by atoms with Crippen molar-refractivity contribution in [2.45, 2.75) is 76.6 Å². The average Bonchev–Trinajstić information content (AvgIpc) is 2.94. The lowest BCUT2D eigenvalue weighted by Crippen LogP contribution is -2.69. The maximum atomic E-state index is 14.6. The van der Waals surface area contributed by atoms with Gasteiger partial charge < -0.3 is 14.2 Å². The molecule has 6 fully saturated rings. The first kappa shape index (κ1) is 32.7. The topological polar surface area (TPSA) is 133 Å². The Balaban J connectivity index is 1.63. The van der Waals surface area contributed by atoms with Gasteiger partial charge in [-0.15, -0.1) is 0 Å². The standard InChI is InChI=1S/C28H48N3O9P/c1-19(2)23(26(34)40-20(3)4)29-41(35,38-17-27(15-36-5)24(32)21-7-11-30(27)12-8-21)39-18-28(16-37-6)25(33)22-9-13-31(28)14-10-22/h19-23H,7-18H2,1-6H3,(H,29,35)/t23-,27+,28+/m0/s1. The van der Waals surface area contributed by atoms with Gasteiger partial charge in [0.15, 0.2) is 11.6 Å². The Morgan fingerprint density at radius 1 is 0.829 bits per heavy atom. The largest absolute Gasteiger partial charge is 0.462 e. The molecule has 3 atom stereocenters. The van der Waals surface area contributed by atoms with E-state index in [1.54, 1.807) is 27.7 Å². The van der Waals surface area contributed by atoms with E-state index >= 15 is 0 Å². The van der Waals surface area contributed by atoms with Crippen molar-refractivity contribution in [2.75, 3.05) is 66.8 Å². The van der Waals surface area contributed by atoms with Gasteiger partial charge in [0.25, 0.3) is 0 Å². The Morgan fingerprint density at radius 3 is 1.56 bits per heavy atom. The number of hydrogen-bond donors (Lipinski definition) is 1. The molecule has 0 amide bonds. The Bertz CT molecular complexity index is 952. The lowest BCUT2D eigenvalue weighted by atomic mass is 9.74. The summed E-state index contributed by atoms with van der Waals surface area (Å²) in [5.74, 6) is -1.12. The van der Waals surface area contributed by atoms with Crippen molar-refractivity contribution in [3.8, 4) is 0 Å². The summed E-state index contributed by atoms with van der Waals surface area (Å²) in [6.07, 6.45) is 2.70. The molecule has 0 unspecified atom stereocenters. The number of Topliss-reactive ketones (excluding diaryl/α,β-unsaturated/α-hetero) is 2. The van der Waals surface area contributed by atoms with Crippen molar-refractivity contribution in [1.29, 1.82) is 0 Å². The van der Waals surface area contributed by atoms with Crippen LogP contribution in [0.1, 0.15) is 53.4 Å². The molecular weight excluding hydrogens is 553 g/mol. The minimum atomic E-state index is -4.31.